The third kappa shape index (κ3) is 6.59. The molecule has 0 saturated heterocycles. The molecule has 0 aliphatic heterocycles. The van der Waals surface area contributed by atoms with Crippen LogP contribution in [0.3, 0.4) is 0 Å². The molecule has 120 valence electrons. The van der Waals surface area contributed by atoms with Gasteiger partial charge in [-0.1, -0.05) is 66.5 Å². The molecule has 1 aromatic rings. The molecule has 2 rings (SSSR count). The minimum atomic E-state index is 0. The standard InChI is InChI=1S/C10H14.C8H16.2CH4.H2/c1-7-5-6-8(2)10(4)9(7)3;1-7-3-5-8(2)6-4-7;;;/h5-6H,1-4H3;7-8H,3-6H2,1-2H3;2*1H4;1H. The summed E-state index contributed by atoms with van der Waals surface area (Å²) in [7, 11) is 0. The third-order valence-corrected chi connectivity index (χ3v) is 4.63. The van der Waals surface area contributed by atoms with Crippen LogP contribution in [0.25, 0.3) is 0 Å². The fourth-order valence-electron chi connectivity index (χ4n) is 2.52. The van der Waals surface area contributed by atoms with E-state index >= 15 is 0 Å². The summed E-state index contributed by atoms with van der Waals surface area (Å²) in [6, 6.07) is 4.36. The van der Waals surface area contributed by atoms with E-state index in [-0.39, 0.29) is 16.3 Å². The van der Waals surface area contributed by atoms with Gasteiger partial charge >= 0.3 is 0 Å². The van der Waals surface area contributed by atoms with E-state index in [4.69, 9.17) is 0 Å². The van der Waals surface area contributed by atoms with Gasteiger partial charge in [0.25, 0.3) is 0 Å². The zero-order chi connectivity index (χ0) is 13.7. The molecule has 20 heavy (non-hydrogen) atoms. The first-order valence-corrected chi connectivity index (χ1v) is 7.45. The largest absolute Gasteiger partial charge is 0.0776 e. The highest BCUT2D eigenvalue weighted by Gasteiger charge is 2.13. The summed E-state index contributed by atoms with van der Waals surface area (Å²) in [6.07, 6.45) is 5.89. The topological polar surface area (TPSA) is 0 Å². The molecule has 0 amide bonds. The van der Waals surface area contributed by atoms with Gasteiger partial charge in [-0.15, -0.1) is 0 Å². The molecule has 0 aromatic heterocycles. The summed E-state index contributed by atoms with van der Waals surface area (Å²) in [5.41, 5.74) is 5.64. The maximum absolute atomic E-state index is 2.37. The molecule has 1 aromatic carbocycles. The predicted molar refractivity (Wildman–Crippen MR) is 97.8 cm³/mol. The van der Waals surface area contributed by atoms with Crippen LogP contribution in [0.1, 0.15) is 78.1 Å². The fourth-order valence-corrected chi connectivity index (χ4v) is 2.52. The first-order valence-electron chi connectivity index (χ1n) is 7.45. The van der Waals surface area contributed by atoms with Crippen LogP contribution in [0.4, 0.5) is 0 Å². The molecule has 0 atom stereocenters. The molecule has 0 unspecified atom stereocenters. The van der Waals surface area contributed by atoms with E-state index in [0.717, 1.165) is 11.8 Å². The lowest BCUT2D eigenvalue weighted by Gasteiger charge is -2.22. The molecule has 0 bridgehead atoms. The molecular formula is C20H40. The summed E-state index contributed by atoms with van der Waals surface area (Å²) >= 11 is 0. The third-order valence-electron chi connectivity index (χ3n) is 4.63. The van der Waals surface area contributed by atoms with Gasteiger partial charge in [0, 0.05) is 1.43 Å². The van der Waals surface area contributed by atoms with Gasteiger partial charge < -0.3 is 0 Å². The zero-order valence-electron chi connectivity index (χ0n) is 13.1. The quantitative estimate of drug-likeness (QED) is 0.468. The molecule has 0 nitrogen and oxygen atoms in total. The maximum atomic E-state index is 2.37. The Bertz CT molecular complexity index is 337. The summed E-state index contributed by atoms with van der Waals surface area (Å²) in [5.74, 6) is 2.04. The molecule has 1 aliphatic carbocycles. The molecule has 1 saturated carbocycles. The van der Waals surface area contributed by atoms with Crippen molar-refractivity contribution in [2.24, 2.45) is 11.8 Å². The molecule has 0 radical (unpaired) electrons. The van der Waals surface area contributed by atoms with Crippen molar-refractivity contribution in [2.45, 2.75) is 82.1 Å². The smallest absolute Gasteiger partial charge is 0 e. The van der Waals surface area contributed by atoms with E-state index in [2.05, 4.69) is 53.7 Å². The van der Waals surface area contributed by atoms with Crippen molar-refractivity contribution >= 4 is 0 Å². The van der Waals surface area contributed by atoms with Crippen LogP contribution < -0.4 is 0 Å². The van der Waals surface area contributed by atoms with Crippen LogP contribution in [0.15, 0.2) is 12.1 Å². The second-order valence-electron chi connectivity index (χ2n) is 6.31. The van der Waals surface area contributed by atoms with E-state index in [1.54, 1.807) is 0 Å². The number of hydrogen-bond donors (Lipinski definition) is 0. The van der Waals surface area contributed by atoms with Crippen molar-refractivity contribution in [1.29, 1.82) is 0 Å². The van der Waals surface area contributed by atoms with E-state index < -0.39 is 0 Å². The molecular weight excluding hydrogens is 240 g/mol. The highest BCUT2D eigenvalue weighted by Crippen LogP contribution is 2.27. The Hall–Kier alpha value is -0.780. The average molecular weight is 281 g/mol. The van der Waals surface area contributed by atoms with Gasteiger partial charge in [0.15, 0.2) is 0 Å². The van der Waals surface area contributed by atoms with Gasteiger partial charge in [-0.2, -0.15) is 0 Å². The molecule has 1 aliphatic rings. The Morgan fingerprint density at radius 1 is 0.700 bits per heavy atom. The van der Waals surface area contributed by atoms with Crippen LogP contribution in [0.2, 0.25) is 0 Å². The highest BCUT2D eigenvalue weighted by atomic mass is 14.2. The Balaban J connectivity index is -0.000000274. The van der Waals surface area contributed by atoms with Crippen molar-refractivity contribution < 1.29 is 1.43 Å². The Morgan fingerprint density at radius 3 is 1.20 bits per heavy atom. The van der Waals surface area contributed by atoms with Crippen molar-refractivity contribution in [2.75, 3.05) is 0 Å². The maximum Gasteiger partial charge on any atom is 0 e. The van der Waals surface area contributed by atoms with Crippen LogP contribution in [0.5, 0.6) is 0 Å². The Morgan fingerprint density at radius 2 is 0.950 bits per heavy atom. The van der Waals surface area contributed by atoms with Crippen LogP contribution in [-0.4, -0.2) is 0 Å². The first kappa shape index (κ1) is 21.5. The molecule has 1 fully saturated rings. The highest BCUT2D eigenvalue weighted by molar-refractivity contribution is 5.37. The number of rotatable bonds is 0. The lowest BCUT2D eigenvalue weighted by molar-refractivity contribution is 0.308. The van der Waals surface area contributed by atoms with Crippen molar-refractivity contribution in [3.05, 3.63) is 34.4 Å². The predicted octanol–water partition coefficient (Wildman–Crippen LogP) is 7.27. The van der Waals surface area contributed by atoms with Gasteiger partial charge in [0.2, 0.25) is 0 Å². The summed E-state index contributed by atoms with van der Waals surface area (Å²) in [6.45, 7) is 13.4. The Kier molecular flexibility index (Phi) is 10.8. The van der Waals surface area contributed by atoms with Gasteiger partial charge in [-0.25, -0.2) is 0 Å². The number of benzene rings is 1. The van der Waals surface area contributed by atoms with Crippen LogP contribution >= 0.6 is 0 Å². The average Bonchev–Trinajstić information content (AvgIpc) is 2.36. The van der Waals surface area contributed by atoms with Crippen LogP contribution in [-0.2, 0) is 0 Å². The first-order chi connectivity index (χ1) is 8.41. The molecule has 0 heterocycles. The zero-order valence-corrected chi connectivity index (χ0v) is 13.1. The van der Waals surface area contributed by atoms with Gasteiger partial charge in [-0.3, -0.25) is 0 Å². The van der Waals surface area contributed by atoms with E-state index in [1.807, 2.05) is 0 Å². The van der Waals surface area contributed by atoms with E-state index in [0.29, 0.717) is 0 Å². The Labute approximate surface area is 130 Å². The summed E-state index contributed by atoms with van der Waals surface area (Å²) < 4.78 is 0. The monoisotopic (exact) mass is 280 g/mol. The van der Waals surface area contributed by atoms with E-state index in [9.17, 15) is 0 Å². The van der Waals surface area contributed by atoms with Gasteiger partial charge in [0.05, 0.1) is 0 Å². The normalized spacial score (nSPS) is 20.9. The molecule has 0 heteroatoms. The second-order valence-corrected chi connectivity index (χ2v) is 6.31. The lowest BCUT2D eigenvalue weighted by Crippen LogP contribution is -2.08. The number of aryl methyl sites for hydroxylation is 2. The van der Waals surface area contributed by atoms with Crippen molar-refractivity contribution in [3.63, 3.8) is 0 Å². The van der Waals surface area contributed by atoms with Gasteiger partial charge in [-0.05, 0) is 61.8 Å². The summed E-state index contributed by atoms with van der Waals surface area (Å²) in [4.78, 5) is 0. The van der Waals surface area contributed by atoms with E-state index in [1.165, 1.54) is 47.9 Å². The fraction of sp³-hybridized carbons (Fsp3) is 0.700. The van der Waals surface area contributed by atoms with Crippen molar-refractivity contribution in [3.8, 4) is 0 Å². The number of hydrogen-bond acceptors (Lipinski definition) is 0. The van der Waals surface area contributed by atoms with Gasteiger partial charge in [0.1, 0.15) is 0 Å². The molecule has 0 spiro atoms. The minimum Gasteiger partial charge on any atom is -0.0776 e. The lowest BCUT2D eigenvalue weighted by atomic mass is 9.84. The minimum absolute atomic E-state index is 0. The molecule has 0 N–H and O–H groups in total. The van der Waals surface area contributed by atoms with Crippen molar-refractivity contribution in [1.82, 2.24) is 0 Å². The second kappa shape index (κ2) is 10.0. The SMILES string of the molecule is C.C.CC1CCC(C)CC1.Cc1ccc(C)c(C)c1C.[HH]. The summed E-state index contributed by atoms with van der Waals surface area (Å²) in [5, 5.41) is 0. The van der Waals surface area contributed by atoms with Crippen LogP contribution in [0, 0.1) is 39.5 Å².